The molecule has 0 heterocycles. The van der Waals surface area contributed by atoms with Crippen LogP contribution in [0.25, 0.3) is 0 Å². The number of aryl methyl sites for hydroxylation is 1. The van der Waals surface area contributed by atoms with Crippen LogP contribution in [0.1, 0.15) is 11.1 Å². The van der Waals surface area contributed by atoms with Gasteiger partial charge in [0.1, 0.15) is 18.9 Å². The molecule has 1 N–H and O–H groups in total. The number of ether oxygens (including phenoxy) is 1. The van der Waals surface area contributed by atoms with Crippen LogP contribution in [0.4, 0.5) is 5.69 Å². The van der Waals surface area contributed by atoms with E-state index in [0.717, 1.165) is 27.4 Å². The minimum Gasteiger partial charge on any atom is -0.491 e. The van der Waals surface area contributed by atoms with Crippen LogP contribution in [0.2, 0.25) is 0 Å². The van der Waals surface area contributed by atoms with Crippen molar-refractivity contribution >= 4 is 21.6 Å². The fourth-order valence-electron chi connectivity index (χ4n) is 2.41. The molecule has 0 aliphatic heterocycles. The van der Waals surface area contributed by atoms with Crippen molar-refractivity contribution in [3.05, 3.63) is 59.7 Å². The van der Waals surface area contributed by atoms with Crippen LogP contribution in [0.5, 0.6) is 5.75 Å². The lowest BCUT2D eigenvalue weighted by molar-refractivity contribution is -0.119. The van der Waals surface area contributed by atoms with Gasteiger partial charge in [0.05, 0.1) is 18.5 Å². The summed E-state index contributed by atoms with van der Waals surface area (Å²) in [5, 5.41) is 2.69. The van der Waals surface area contributed by atoms with E-state index in [4.69, 9.17) is 4.74 Å². The topological polar surface area (TPSA) is 75.7 Å². The van der Waals surface area contributed by atoms with Gasteiger partial charge in [-0.3, -0.25) is 9.10 Å². The maximum absolute atomic E-state index is 12.1. The van der Waals surface area contributed by atoms with Crippen molar-refractivity contribution < 1.29 is 17.9 Å². The number of nitrogens with one attached hydrogen (secondary N) is 1. The summed E-state index contributed by atoms with van der Waals surface area (Å²) in [6.07, 6.45) is 1.08. The van der Waals surface area contributed by atoms with Crippen molar-refractivity contribution in [1.82, 2.24) is 5.32 Å². The lowest BCUT2D eigenvalue weighted by Gasteiger charge is -2.21. The average molecular weight is 376 g/mol. The molecule has 2 aromatic rings. The molecular weight excluding hydrogens is 352 g/mol. The molecular formula is C19H24N2O4S. The molecule has 2 aromatic carbocycles. The number of hydrogen-bond acceptors (Lipinski definition) is 4. The van der Waals surface area contributed by atoms with Crippen LogP contribution in [-0.2, 0) is 14.8 Å². The molecule has 140 valence electrons. The zero-order valence-electron chi connectivity index (χ0n) is 15.2. The van der Waals surface area contributed by atoms with Crippen molar-refractivity contribution in [2.75, 3.05) is 30.3 Å². The minimum atomic E-state index is -3.56. The maximum Gasteiger partial charge on any atom is 0.240 e. The van der Waals surface area contributed by atoms with Crippen molar-refractivity contribution in [1.29, 1.82) is 0 Å². The van der Waals surface area contributed by atoms with E-state index in [2.05, 4.69) is 5.32 Å². The molecule has 26 heavy (non-hydrogen) atoms. The summed E-state index contributed by atoms with van der Waals surface area (Å²) >= 11 is 0. The Bertz CT molecular complexity index is 851. The van der Waals surface area contributed by atoms with Crippen molar-refractivity contribution in [3.63, 3.8) is 0 Å². The Morgan fingerprint density at radius 1 is 1.08 bits per heavy atom. The summed E-state index contributed by atoms with van der Waals surface area (Å²) in [6, 6.07) is 14.3. The van der Waals surface area contributed by atoms with Gasteiger partial charge in [0.25, 0.3) is 0 Å². The third-order valence-electron chi connectivity index (χ3n) is 3.97. The van der Waals surface area contributed by atoms with Crippen molar-refractivity contribution in [3.8, 4) is 5.75 Å². The SMILES string of the molecule is Cc1cccc(OCCNC(=O)CN(c2ccccc2)S(C)(=O)=O)c1C. The molecule has 6 nitrogen and oxygen atoms in total. The highest BCUT2D eigenvalue weighted by atomic mass is 32.2. The molecule has 0 aromatic heterocycles. The van der Waals surface area contributed by atoms with Gasteiger partial charge in [-0.25, -0.2) is 8.42 Å². The molecule has 0 saturated carbocycles. The second-order valence-corrected chi connectivity index (χ2v) is 7.91. The van der Waals surface area contributed by atoms with Gasteiger partial charge in [0, 0.05) is 0 Å². The molecule has 0 radical (unpaired) electrons. The van der Waals surface area contributed by atoms with Gasteiger partial charge < -0.3 is 10.1 Å². The number of para-hydroxylation sites is 1. The Kier molecular flexibility index (Phi) is 6.63. The summed E-state index contributed by atoms with van der Waals surface area (Å²) in [7, 11) is -3.56. The number of carbonyl (C=O) groups excluding carboxylic acids is 1. The van der Waals surface area contributed by atoms with E-state index in [1.54, 1.807) is 30.3 Å². The number of benzene rings is 2. The minimum absolute atomic E-state index is 0.272. The van der Waals surface area contributed by atoms with Crippen LogP contribution in [0, 0.1) is 13.8 Å². The Morgan fingerprint density at radius 2 is 1.77 bits per heavy atom. The first-order chi connectivity index (χ1) is 12.3. The number of nitrogens with zero attached hydrogens (tertiary/aromatic N) is 1. The Balaban J connectivity index is 1.88. The Labute approximate surface area is 154 Å². The molecule has 0 bridgehead atoms. The number of carbonyl (C=O) groups is 1. The number of anilines is 1. The molecule has 0 aliphatic carbocycles. The first kappa shape index (κ1) is 19.8. The fourth-order valence-corrected chi connectivity index (χ4v) is 3.27. The fraction of sp³-hybridized carbons (Fsp3) is 0.316. The molecule has 0 spiro atoms. The standard InChI is InChI=1S/C19H24N2O4S/c1-15-8-7-11-18(16(15)2)25-13-12-20-19(22)14-21(26(3,23)24)17-9-5-4-6-10-17/h4-11H,12-14H2,1-3H3,(H,20,22). The van der Waals surface area contributed by atoms with Crippen molar-refractivity contribution in [2.24, 2.45) is 0 Å². The van der Waals surface area contributed by atoms with Crippen LogP contribution in [0.15, 0.2) is 48.5 Å². The van der Waals surface area contributed by atoms with Crippen LogP contribution in [-0.4, -0.2) is 40.3 Å². The first-order valence-corrected chi connectivity index (χ1v) is 10.1. The van der Waals surface area contributed by atoms with Gasteiger partial charge in [-0.1, -0.05) is 30.3 Å². The van der Waals surface area contributed by atoms with Gasteiger partial charge in [-0.2, -0.15) is 0 Å². The lowest BCUT2D eigenvalue weighted by atomic mass is 10.1. The van der Waals surface area contributed by atoms with E-state index < -0.39 is 10.0 Å². The number of sulfonamides is 1. The Hall–Kier alpha value is -2.54. The molecule has 0 fully saturated rings. The summed E-state index contributed by atoms with van der Waals surface area (Å²) in [5.74, 6) is 0.394. The predicted molar refractivity (Wildman–Crippen MR) is 103 cm³/mol. The van der Waals surface area contributed by atoms with Gasteiger partial charge in [0.15, 0.2) is 0 Å². The highest BCUT2D eigenvalue weighted by Gasteiger charge is 2.20. The van der Waals surface area contributed by atoms with Gasteiger partial charge in [-0.05, 0) is 43.2 Å². The average Bonchev–Trinajstić information content (AvgIpc) is 2.60. The van der Waals surface area contributed by atoms with E-state index >= 15 is 0 Å². The molecule has 0 aliphatic rings. The highest BCUT2D eigenvalue weighted by Crippen LogP contribution is 2.20. The normalized spacial score (nSPS) is 11.0. The zero-order valence-corrected chi connectivity index (χ0v) is 16.0. The predicted octanol–water partition coefficient (Wildman–Crippen LogP) is 2.26. The Morgan fingerprint density at radius 3 is 2.42 bits per heavy atom. The summed E-state index contributed by atoms with van der Waals surface area (Å²) in [4.78, 5) is 12.1. The molecule has 0 saturated heterocycles. The highest BCUT2D eigenvalue weighted by molar-refractivity contribution is 7.92. The molecule has 0 unspecified atom stereocenters. The summed E-state index contributed by atoms with van der Waals surface area (Å²) in [5.41, 5.74) is 2.65. The monoisotopic (exact) mass is 376 g/mol. The second-order valence-electron chi connectivity index (χ2n) is 6.00. The molecule has 1 amide bonds. The maximum atomic E-state index is 12.1. The summed E-state index contributed by atoms with van der Waals surface area (Å²) in [6.45, 7) is 4.31. The van der Waals surface area contributed by atoms with Gasteiger partial charge >= 0.3 is 0 Å². The number of amides is 1. The van der Waals surface area contributed by atoms with Crippen LogP contribution in [0.3, 0.4) is 0 Å². The van der Waals surface area contributed by atoms with E-state index in [1.807, 2.05) is 32.0 Å². The van der Waals surface area contributed by atoms with E-state index in [-0.39, 0.29) is 12.5 Å². The van der Waals surface area contributed by atoms with Crippen LogP contribution >= 0.6 is 0 Å². The molecule has 0 atom stereocenters. The van der Waals surface area contributed by atoms with E-state index in [9.17, 15) is 13.2 Å². The van der Waals surface area contributed by atoms with Crippen LogP contribution < -0.4 is 14.4 Å². The molecule has 7 heteroatoms. The lowest BCUT2D eigenvalue weighted by Crippen LogP contribution is -2.41. The first-order valence-electron chi connectivity index (χ1n) is 8.27. The third kappa shape index (κ3) is 5.49. The smallest absolute Gasteiger partial charge is 0.240 e. The third-order valence-corrected chi connectivity index (χ3v) is 5.11. The zero-order chi connectivity index (χ0) is 19.2. The van der Waals surface area contributed by atoms with Crippen molar-refractivity contribution in [2.45, 2.75) is 13.8 Å². The molecule has 2 rings (SSSR count). The quantitative estimate of drug-likeness (QED) is 0.717. The van der Waals surface area contributed by atoms with Gasteiger partial charge in [0.2, 0.25) is 15.9 Å². The van der Waals surface area contributed by atoms with E-state index in [0.29, 0.717) is 18.8 Å². The van der Waals surface area contributed by atoms with Gasteiger partial charge in [-0.15, -0.1) is 0 Å². The summed E-state index contributed by atoms with van der Waals surface area (Å²) < 4.78 is 30.7. The number of rotatable bonds is 8. The largest absolute Gasteiger partial charge is 0.491 e. The van der Waals surface area contributed by atoms with E-state index in [1.165, 1.54) is 0 Å². The second kappa shape index (κ2) is 8.71. The number of hydrogen-bond donors (Lipinski definition) is 1.